The molecule has 2 N–H and O–H groups in total. The average Bonchev–Trinajstić information content (AvgIpc) is 3.17. The number of benzene rings is 1. The van der Waals surface area contributed by atoms with Crippen molar-refractivity contribution in [2.24, 2.45) is 10.4 Å². The van der Waals surface area contributed by atoms with Gasteiger partial charge in [0, 0.05) is 25.6 Å². The summed E-state index contributed by atoms with van der Waals surface area (Å²) in [6.45, 7) is 7.85. The van der Waals surface area contributed by atoms with E-state index in [1.807, 2.05) is 13.1 Å². The first-order valence-corrected chi connectivity index (χ1v) is 9.54. The lowest BCUT2D eigenvalue weighted by Gasteiger charge is -2.38. The minimum absolute atomic E-state index is 0.221. The summed E-state index contributed by atoms with van der Waals surface area (Å²) < 4.78 is 10.8. The Bertz CT molecular complexity index is 610. The number of likely N-dealkylation sites (tertiary alicyclic amines) is 1. The van der Waals surface area contributed by atoms with Crippen LogP contribution in [0.2, 0.25) is 0 Å². The van der Waals surface area contributed by atoms with Crippen LogP contribution in [0.1, 0.15) is 31.4 Å². The molecule has 2 fully saturated rings. The Morgan fingerprint density at radius 1 is 1.31 bits per heavy atom. The number of hydrogen-bond donors (Lipinski definition) is 2. The van der Waals surface area contributed by atoms with E-state index in [2.05, 4.69) is 45.6 Å². The van der Waals surface area contributed by atoms with E-state index in [4.69, 9.17) is 9.47 Å². The highest BCUT2D eigenvalue weighted by molar-refractivity contribution is 5.79. The van der Waals surface area contributed by atoms with Gasteiger partial charge in [0.1, 0.15) is 5.75 Å². The van der Waals surface area contributed by atoms with Crippen LogP contribution in [0.3, 0.4) is 0 Å². The second-order valence-corrected chi connectivity index (χ2v) is 7.65. The molecular formula is C20H32N4O2. The van der Waals surface area contributed by atoms with Gasteiger partial charge in [0.25, 0.3) is 0 Å². The van der Waals surface area contributed by atoms with Gasteiger partial charge in [-0.15, -0.1) is 0 Å². The van der Waals surface area contributed by atoms with Crippen molar-refractivity contribution < 1.29 is 9.47 Å². The molecule has 3 rings (SSSR count). The van der Waals surface area contributed by atoms with Gasteiger partial charge < -0.3 is 20.1 Å². The number of nitrogens with one attached hydrogen (secondary N) is 2. The summed E-state index contributed by atoms with van der Waals surface area (Å²) in [4.78, 5) is 6.94. The van der Waals surface area contributed by atoms with E-state index in [0.717, 1.165) is 51.1 Å². The molecule has 6 heteroatoms. The Balaban J connectivity index is 1.63. The lowest BCUT2D eigenvalue weighted by molar-refractivity contribution is -0.0971. The largest absolute Gasteiger partial charge is 0.497 e. The highest BCUT2D eigenvalue weighted by Crippen LogP contribution is 2.27. The van der Waals surface area contributed by atoms with Gasteiger partial charge in [-0.3, -0.25) is 9.89 Å². The minimum Gasteiger partial charge on any atom is -0.497 e. The van der Waals surface area contributed by atoms with E-state index in [9.17, 15) is 0 Å². The van der Waals surface area contributed by atoms with Crippen LogP contribution < -0.4 is 15.4 Å². The van der Waals surface area contributed by atoms with Crippen molar-refractivity contribution in [1.82, 2.24) is 15.5 Å². The average molecular weight is 361 g/mol. The summed E-state index contributed by atoms with van der Waals surface area (Å²) in [6.07, 6.45) is 2.54. The zero-order valence-electron chi connectivity index (χ0n) is 16.3. The highest BCUT2D eigenvalue weighted by atomic mass is 16.5. The third-order valence-corrected chi connectivity index (χ3v) is 5.33. The number of guanidine groups is 1. The highest BCUT2D eigenvalue weighted by Gasteiger charge is 2.33. The van der Waals surface area contributed by atoms with E-state index >= 15 is 0 Å². The number of aliphatic imine (C=N–C) groups is 1. The summed E-state index contributed by atoms with van der Waals surface area (Å²) in [6, 6.07) is 8.72. The maximum atomic E-state index is 5.42. The topological polar surface area (TPSA) is 58.1 Å². The fourth-order valence-electron chi connectivity index (χ4n) is 3.62. The minimum atomic E-state index is 0.221. The molecule has 0 radical (unpaired) electrons. The van der Waals surface area contributed by atoms with Crippen LogP contribution in [0.15, 0.2) is 29.3 Å². The number of nitrogens with zero attached hydrogens (tertiary/aromatic N) is 2. The van der Waals surface area contributed by atoms with Crippen LogP contribution in [-0.4, -0.2) is 64.4 Å². The SMILES string of the molecule is CN=C(NCC(c1cccc(OC)c1)N1CCCC1)NCC1(C)COC1. The fourth-order valence-corrected chi connectivity index (χ4v) is 3.62. The molecule has 0 aromatic heterocycles. The first kappa shape index (κ1) is 19.0. The molecule has 1 aromatic carbocycles. The molecule has 2 aliphatic heterocycles. The molecular weight excluding hydrogens is 328 g/mol. The summed E-state index contributed by atoms with van der Waals surface area (Å²) in [7, 11) is 3.55. The smallest absolute Gasteiger partial charge is 0.191 e. The Labute approximate surface area is 157 Å². The first-order valence-electron chi connectivity index (χ1n) is 9.54. The maximum absolute atomic E-state index is 5.42. The third-order valence-electron chi connectivity index (χ3n) is 5.33. The van der Waals surface area contributed by atoms with Crippen molar-refractivity contribution in [3.8, 4) is 5.75 Å². The van der Waals surface area contributed by atoms with Crippen LogP contribution in [0.4, 0.5) is 0 Å². The Kier molecular flexibility index (Phi) is 6.38. The van der Waals surface area contributed by atoms with Crippen molar-refractivity contribution in [2.45, 2.75) is 25.8 Å². The lowest BCUT2D eigenvalue weighted by atomic mass is 9.89. The molecule has 6 nitrogen and oxygen atoms in total. The molecule has 144 valence electrons. The second kappa shape index (κ2) is 8.73. The predicted octanol–water partition coefficient (Wildman–Crippen LogP) is 2.03. The van der Waals surface area contributed by atoms with Crippen LogP contribution in [0.25, 0.3) is 0 Å². The maximum Gasteiger partial charge on any atom is 0.191 e. The molecule has 2 saturated heterocycles. The molecule has 1 unspecified atom stereocenters. The molecule has 0 amide bonds. The van der Waals surface area contributed by atoms with Crippen molar-refractivity contribution in [2.75, 3.05) is 53.6 Å². The molecule has 0 aliphatic carbocycles. The van der Waals surface area contributed by atoms with E-state index in [0.29, 0.717) is 6.04 Å². The van der Waals surface area contributed by atoms with Gasteiger partial charge in [-0.05, 0) is 43.6 Å². The van der Waals surface area contributed by atoms with Crippen LogP contribution >= 0.6 is 0 Å². The summed E-state index contributed by atoms with van der Waals surface area (Å²) in [5, 5.41) is 6.97. The summed E-state index contributed by atoms with van der Waals surface area (Å²) >= 11 is 0. The fraction of sp³-hybridized carbons (Fsp3) is 0.650. The zero-order valence-corrected chi connectivity index (χ0v) is 16.3. The summed E-state index contributed by atoms with van der Waals surface area (Å²) in [5.41, 5.74) is 1.51. The van der Waals surface area contributed by atoms with E-state index in [1.54, 1.807) is 7.11 Å². The van der Waals surface area contributed by atoms with E-state index in [1.165, 1.54) is 18.4 Å². The number of methoxy groups -OCH3 is 1. The molecule has 0 bridgehead atoms. The van der Waals surface area contributed by atoms with Gasteiger partial charge >= 0.3 is 0 Å². The van der Waals surface area contributed by atoms with Gasteiger partial charge in [0.2, 0.25) is 0 Å². The monoisotopic (exact) mass is 360 g/mol. The van der Waals surface area contributed by atoms with E-state index < -0.39 is 0 Å². The summed E-state index contributed by atoms with van der Waals surface area (Å²) in [5.74, 6) is 1.76. The van der Waals surface area contributed by atoms with Crippen LogP contribution in [0.5, 0.6) is 5.75 Å². The molecule has 26 heavy (non-hydrogen) atoms. The van der Waals surface area contributed by atoms with Gasteiger partial charge in [-0.2, -0.15) is 0 Å². The molecule has 2 heterocycles. The van der Waals surface area contributed by atoms with Crippen molar-refractivity contribution in [3.63, 3.8) is 0 Å². The number of hydrogen-bond acceptors (Lipinski definition) is 4. The second-order valence-electron chi connectivity index (χ2n) is 7.65. The quantitative estimate of drug-likeness (QED) is 0.576. The molecule has 0 spiro atoms. The van der Waals surface area contributed by atoms with Gasteiger partial charge in [0.15, 0.2) is 5.96 Å². The predicted molar refractivity (Wildman–Crippen MR) is 105 cm³/mol. The molecule has 0 saturated carbocycles. The van der Waals surface area contributed by atoms with Crippen molar-refractivity contribution in [3.05, 3.63) is 29.8 Å². The number of rotatable bonds is 7. The Morgan fingerprint density at radius 3 is 2.69 bits per heavy atom. The normalized spacial score (nSPS) is 21.1. The van der Waals surface area contributed by atoms with Gasteiger partial charge in [-0.25, -0.2) is 0 Å². The van der Waals surface area contributed by atoms with Crippen LogP contribution in [-0.2, 0) is 4.74 Å². The molecule has 1 aromatic rings. The van der Waals surface area contributed by atoms with Gasteiger partial charge in [0.05, 0.1) is 26.4 Å². The lowest BCUT2D eigenvalue weighted by Crippen LogP contribution is -2.51. The third kappa shape index (κ3) is 4.68. The Morgan fingerprint density at radius 2 is 2.08 bits per heavy atom. The van der Waals surface area contributed by atoms with Crippen molar-refractivity contribution in [1.29, 1.82) is 0 Å². The van der Waals surface area contributed by atoms with Gasteiger partial charge in [-0.1, -0.05) is 19.1 Å². The van der Waals surface area contributed by atoms with Crippen molar-refractivity contribution >= 4 is 5.96 Å². The van der Waals surface area contributed by atoms with E-state index in [-0.39, 0.29) is 5.41 Å². The first-order chi connectivity index (χ1) is 12.6. The Hall–Kier alpha value is -1.79. The zero-order chi connectivity index (χ0) is 18.4. The number of ether oxygens (including phenoxy) is 2. The standard InChI is InChI=1S/C20H32N4O2/c1-20(14-26-15-20)13-23-19(21-2)22-12-18(24-9-4-5-10-24)16-7-6-8-17(11-16)25-3/h6-8,11,18H,4-5,9-10,12-15H2,1-3H3,(H2,21,22,23). The van der Waals surface area contributed by atoms with Crippen LogP contribution in [0, 0.1) is 5.41 Å². The molecule has 1 atom stereocenters. The molecule has 2 aliphatic rings.